The highest BCUT2D eigenvalue weighted by Gasteiger charge is 2.37. The van der Waals surface area contributed by atoms with Crippen LogP contribution in [0.5, 0.6) is 0 Å². The summed E-state index contributed by atoms with van der Waals surface area (Å²) in [5, 5.41) is 15.1. The maximum atomic E-state index is 13.1. The first kappa shape index (κ1) is 21.4. The minimum atomic E-state index is -1.13. The van der Waals surface area contributed by atoms with Gasteiger partial charge in [-0.3, -0.25) is 4.79 Å². The highest BCUT2D eigenvalue weighted by Crippen LogP contribution is 2.29. The molecule has 1 aromatic carbocycles. The van der Waals surface area contributed by atoms with E-state index in [2.05, 4.69) is 10.1 Å². The second kappa shape index (κ2) is 9.15. The molecule has 0 amide bonds. The van der Waals surface area contributed by atoms with Crippen LogP contribution in [-0.2, 0) is 14.2 Å². The number of aliphatic hydroxyl groups excluding tert-OH is 1. The largest absolute Gasteiger partial charge is 0.462 e. The van der Waals surface area contributed by atoms with Gasteiger partial charge in [0, 0.05) is 18.0 Å². The molecule has 0 bridgehead atoms. The lowest BCUT2D eigenvalue weighted by atomic mass is 10.0. The number of nitrogens with zero attached hydrogens (tertiary/aromatic N) is 3. The number of fused-ring (bicyclic) bond motifs is 1. The molecule has 31 heavy (non-hydrogen) atoms. The van der Waals surface area contributed by atoms with Crippen molar-refractivity contribution in [1.82, 2.24) is 14.6 Å². The predicted molar refractivity (Wildman–Crippen MR) is 111 cm³/mol. The molecule has 162 valence electrons. The van der Waals surface area contributed by atoms with Gasteiger partial charge in [0.05, 0.1) is 18.8 Å². The fraction of sp³-hybridized carbons (Fsp3) is 0.333. The van der Waals surface area contributed by atoms with E-state index in [0.717, 1.165) is 5.56 Å². The minimum Gasteiger partial charge on any atom is -0.462 e. The number of ether oxygens (including phenoxy) is 3. The Morgan fingerprint density at radius 3 is 2.81 bits per heavy atom. The molecule has 3 atom stereocenters. The summed E-state index contributed by atoms with van der Waals surface area (Å²) in [7, 11) is 0. The van der Waals surface area contributed by atoms with Crippen molar-refractivity contribution in [3.63, 3.8) is 0 Å². The van der Waals surface area contributed by atoms with Gasteiger partial charge in [-0.15, -0.1) is 11.8 Å². The lowest BCUT2D eigenvalue weighted by Crippen LogP contribution is -2.45. The van der Waals surface area contributed by atoms with Crippen LogP contribution in [0.3, 0.4) is 0 Å². The van der Waals surface area contributed by atoms with Crippen LogP contribution in [0.1, 0.15) is 39.5 Å². The summed E-state index contributed by atoms with van der Waals surface area (Å²) in [6.07, 6.45) is 1.58. The third-order valence-corrected chi connectivity index (χ3v) is 5.44. The third kappa shape index (κ3) is 4.19. The van der Waals surface area contributed by atoms with Crippen LogP contribution in [0.2, 0.25) is 0 Å². The van der Waals surface area contributed by atoms with E-state index in [1.165, 1.54) is 28.7 Å². The highest BCUT2D eigenvalue weighted by molar-refractivity contribution is 7.98. The summed E-state index contributed by atoms with van der Waals surface area (Å²) in [6.45, 7) is 1.90. The number of benzene rings is 1. The first-order chi connectivity index (χ1) is 15.0. The summed E-state index contributed by atoms with van der Waals surface area (Å²) >= 11 is 1.28. The number of aromatic nitrogens is 3. The van der Waals surface area contributed by atoms with Crippen LogP contribution in [-0.4, -0.2) is 63.1 Å². The zero-order chi connectivity index (χ0) is 22.0. The zero-order valence-corrected chi connectivity index (χ0v) is 17.7. The summed E-state index contributed by atoms with van der Waals surface area (Å²) < 4.78 is 17.8. The summed E-state index contributed by atoms with van der Waals surface area (Å²) in [5.74, 6) is -0.979. The summed E-state index contributed by atoms with van der Waals surface area (Å²) in [5.41, 5.74) is 1.47. The molecule has 0 saturated carbocycles. The normalized spacial score (nSPS) is 21.2. The van der Waals surface area contributed by atoms with Crippen LogP contribution in [0.4, 0.5) is 0 Å². The monoisotopic (exact) mass is 443 g/mol. The van der Waals surface area contributed by atoms with Gasteiger partial charge in [-0.25, -0.2) is 14.3 Å². The number of carbonyl (C=O) groups excluding carboxylic acids is 2. The number of aliphatic hydroxyl groups is 1. The van der Waals surface area contributed by atoms with Crippen molar-refractivity contribution in [2.45, 2.75) is 30.4 Å². The fourth-order valence-corrected chi connectivity index (χ4v) is 3.84. The van der Waals surface area contributed by atoms with Gasteiger partial charge in [0.1, 0.15) is 16.7 Å². The molecule has 3 heterocycles. The summed E-state index contributed by atoms with van der Waals surface area (Å²) in [6, 6.07) is 9.18. The number of Topliss-reactive ketones (excluding diaryl/α,β-unsaturated/α-hetero) is 1. The van der Waals surface area contributed by atoms with E-state index in [0.29, 0.717) is 5.03 Å². The number of thioether (sulfide) groups is 1. The van der Waals surface area contributed by atoms with Crippen molar-refractivity contribution in [3.05, 3.63) is 59.4 Å². The van der Waals surface area contributed by atoms with E-state index in [1.807, 2.05) is 30.3 Å². The SMILES string of the molecule is CCOC(=O)c1c(SC)nn2cc(C(=O)[C@@H]3O[C@H](c4ccccc4)OC[C@H]3O)cnc12. The van der Waals surface area contributed by atoms with Crippen molar-refractivity contribution in [2.24, 2.45) is 0 Å². The third-order valence-electron chi connectivity index (χ3n) is 4.77. The topological polar surface area (TPSA) is 112 Å². The molecule has 9 nitrogen and oxygen atoms in total. The van der Waals surface area contributed by atoms with Crippen molar-refractivity contribution in [3.8, 4) is 0 Å². The van der Waals surface area contributed by atoms with E-state index >= 15 is 0 Å². The van der Waals surface area contributed by atoms with E-state index in [1.54, 1.807) is 13.2 Å². The molecule has 10 heteroatoms. The van der Waals surface area contributed by atoms with Crippen molar-refractivity contribution in [1.29, 1.82) is 0 Å². The maximum Gasteiger partial charge on any atom is 0.344 e. The lowest BCUT2D eigenvalue weighted by Gasteiger charge is -2.33. The first-order valence-electron chi connectivity index (χ1n) is 9.67. The van der Waals surface area contributed by atoms with Crippen LogP contribution >= 0.6 is 11.8 Å². The summed E-state index contributed by atoms with van der Waals surface area (Å²) in [4.78, 5) is 29.7. The number of hydrogen-bond acceptors (Lipinski definition) is 9. The number of carbonyl (C=O) groups is 2. The average Bonchev–Trinajstić information content (AvgIpc) is 3.17. The van der Waals surface area contributed by atoms with E-state index in [9.17, 15) is 14.7 Å². The first-order valence-corrected chi connectivity index (χ1v) is 10.9. The molecule has 0 spiro atoms. The molecular formula is C21H21N3O6S. The van der Waals surface area contributed by atoms with Gasteiger partial charge in [-0.2, -0.15) is 5.10 Å². The Morgan fingerprint density at radius 2 is 2.10 bits per heavy atom. The number of rotatable bonds is 6. The smallest absolute Gasteiger partial charge is 0.344 e. The lowest BCUT2D eigenvalue weighted by molar-refractivity contribution is -0.242. The highest BCUT2D eigenvalue weighted by atomic mass is 32.2. The molecule has 2 aromatic heterocycles. The fourth-order valence-electron chi connectivity index (χ4n) is 3.29. The Bertz CT molecular complexity index is 1100. The number of esters is 1. The molecule has 1 N–H and O–H groups in total. The van der Waals surface area contributed by atoms with Crippen LogP contribution in [0.25, 0.3) is 5.65 Å². The van der Waals surface area contributed by atoms with E-state index in [-0.39, 0.29) is 30.0 Å². The molecule has 0 unspecified atom stereocenters. The Labute approximate surface area is 182 Å². The Morgan fingerprint density at radius 1 is 1.32 bits per heavy atom. The van der Waals surface area contributed by atoms with Gasteiger partial charge in [0.15, 0.2) is 23.8 Å². The average molecular weight is 443 g/mol. The molecule has 1 saturated heterocycles. The molecule has 0 aliphatic carbocycles. The standard InChI is InChI=1S/C21H21N3O6S/c1-3-28-20(27)15-18-22-9-13(10-24(18)23-19(15)31-2)16(26)17-14(25)11-29-21(30-17)12-7-5-4-6-8-12/h4-10,14,17,21,25H,3,11H2,1-2H3/t14-,17-,21-/m1/s1. The predicted octanol–water partition coefficient (Wildman–Crippen LogP) is 2.29. The Hall–Kier alpha value is -2.79. The number of hydrogen-bond donors (Lipinski definition) is 1. The van der Waals surface area contributed by atoms with Crippen molar-refractivity contribution < 1.29 is 28.9 Å². The minimum absolute atomic E-state index is 0.0446. The van der Waals surface area contributed by atoms with Crippen molar-refractivity contribution in [2.75, 3.05) is 19.5 Å². The molecule has 4 rings (SSSR count). The second-order valence-electron chi connectivity index (χ2n) is 6.78. The van der Waals surface area contributed by atoms with Crippen LogP contribution in [0, 0.1) is 0 Å². The maximum absolute atomic E-state index is 13.1. The van der Waals surface area contributed by atoms with Gasteiger partial charge in [-0.1, -0.05) is 30.3 Å². The Kier molecular flexibility index (Phi) is 6.33. The Balaban J connectivity index is 1.63. The number of ketones is 1. The van der Waals surface area contributed by atoms with Gasteiger partial charge < -0.3 is 19.3 Å². The molecule has 0 radical (unpaired) electrons. The van der Waals surface area contributed by atoms with Crippen LogP contribution < -0.4 is 0 Å². The molecular weight excluding hydrogens is 422 g/mol. The van der Waals surface area contributed by atoms with Gasteiger partial charge in [0.25, 0.3) is 0 Å². The van der Waals surface area contributed by atoms with E-state index in [4.69, 9.17) is 14.2 Å². The van der Waals surface area contributed by atoms with Gasteiger partial charge >= 0.3 is 5.97 Å². The van der Waals surface area contributed by atoms with Gasteiger partial charge in [0.2, 0.25) is 0 Å². The second-order valence-corrected chi connectivity index (χ2v) is 7.57. The molecule has 1 fully saturated rings. The van der Waals surface area contributed by atoms with Crippen LogP contribution in [0.15, 0.2) is 47.8 Å². The molecule has 1 aliphatic heterocycles. The quantitative estimate of drug-likeness (QED) is 0.348. The van der Waals surface area contributed by atoms with Crippen molar-refractivity contribution >= 4 is 29.2 Å². The zero-order valence-electron chi connectivity index (χ0n) is 16.9. The molecule has 1 aliphatic rings. The van der Waals surface area contributed by atoms with E-state index < -0.39 is 30.3 Å². The molecule has 3 aromatic rings. The van der Waals surface area contributed by atoms with Gasteiger partial charge in [-0.05, 0) is 13.2 Å².